The molecule has 10 heteroatoms. The molecule has 0 aliphatic carbocycles. The van der Waals surface area contributed by atoms with E-state index < -0.39 is 46.7 Å². The van der Waals surface area contributed by atoms with Crippen molar-refractivity contribution in [1.82, 2.24) is 9.88 Å². The molecule has 180 valence electrons. The van der Waals surface area contributed by atoms with Crippen LogP contribution < -0.4 is 0 Å². The summed E-state index contributed by atoms with van der Waals surface area (Å²) in [5.41, 5.74) is 0.594. The van der Waals surface area contributed by atoms with Crippen molar-refractivity contribution in [3.8, 4) is 0 Å². The number of hydrogen-bond donors (Lipinski definition) is 0. The fraction of sp³-hybridized carbons (Fsp3) is 0.478. The Kier molecular flexibility index (Phi) is 7.09. The minimum absolute atomic E-state index is 0.00364. The number of hydrogen-bond acceptors (Lipinski definition) is 6. The highest BCUT2D eigenvalue weighted by molar-refractivity contribution is 7.86. The van der Waals surface area contributed by atoms with Crippen LogP contribution in [0.1, 0.15) is 49.9 Å². The van der Waals surface area contributed by atoms with Crippen LogP contribution in [0.4, 0.5) is 13.6 Å². The number of benzene rings is 1. The minimum atomic E-state index is -4.03. The molecular formula is C23H28F2N2O5S. The van der Waals surface area contributed by atoms with Gasteiger partial charge in [0.25, 0.3) is 16.0 Å². The summed E-state index contributed by atoms with van der Waals surface area (Å²) in [4.78, 5) is 17.7. The Labute approximate surface area is 192 Å². The Morgan fingerprint density at radius 2 is 1.88 bits per heavy atom. The number of likely N-dealkylation sites (tertiary alicyclic amines) is 1. The highest BCUT2D eigenvalue weighted by Crippen LogP contribution is 2.40. The van der Waals surface area contributed by atoms with Gasteiger partial charge in [0.1, 0.15) is 12.2 Å². The van der Waals surface area contributed by atoms with Crippen LogP contribution in [-0.2, 0) is 25.6 Å². The molecular weight excluding hydrogens is 454 g/mol. The summed E-state index contributed by atoms with van der Waals surface area (Å²) >= 11 is 0. The molecule has 33 heavy (non-hydrogen) atoms. The van der Waals surface area contributed by atoms with Crippen LogP contribution in [0.2, 0.25) is 0 Å². The number of nitrogens with zero attached hydrogens (tertiary/aromatic N) is 2. The second-order valence-electron chi connectivity index (χ2n) is 9.10. The van der Waals surface area contributed by atoms with Crippen molar-refractivity contribution in [2.45, 2.75) is 63.1 Å². The zero-order valence-corrected chi connectivity index (χ0v) is 19.9. The van der Waals surface area contributed by atoms with Crippen LogP contribution in [0.5, 0.6) is 0 Å². The van der Waals surface area contributed by atoms with Gasteiger partial charge in [-0.1, -0.05) is 17.7 Å². The predicted octanol–water partition coefficient (Wildman–Crippen LogP) is 4.66. The van der Waals surface area contributed by atoms with Crippen molar-refractivity contribution in [1.29, 1.82) is 0 Å². The van der Waals surface area contributed by atoms with E-state index >= 15 is 0 Å². The van der Waals surface area contributed by atoms with E-state index in [9.17, 15) is 22.0 Å². The second-order valence-corrected chi connectivity index (χ2v) is 10.7. The van der Waals surface area contributed by atoms with E-state index in [4.69, 9.17) is 8.92 Å². The van der Waals surface area contributed by atoms with Gasteiger partial charge in [-0.2, -0.15) is 8.42 Å². The van der Waals surface area contributed by atoms with Gasteiger partial charge in [0, 0.05) is 25.7 Å². The molecule has 1 aromatic carbocycles. The number of rotatable bonds is 5. The average molecular weight is 483 g/mol. The van der Waals surface area contributed by atoms with Gasteiger partial charge in [0.15, 0.2) is 0 Å². The van der Waals surface area contributed by atoms with Crippen molar-refractivity contribution < 1.29 is 30.9 Å². The van der Waals surface area contributed by atoms with Crippen molar-refractivity contribution >= 4 is 16.2 Å². The zero-order valence-electron chi connectivity index (χ0n) is 19.0. The molecule has 0 bridgehead atoms. The molecule has 1 amide bonds. The molecule has 2 aromatic rings. The van der Waals surface area contributed by atoms with Crippen molar-refractivity contribution in [3.63, 3.8) is 0 Å². The topological polar surface area (TPSA) is 85.8 Å². The number of amides is 1. The van der Waals surface area contributed by atoms with Crippen LogP contribution in [0.3, 0.4) is 0 Å². The number of halogens is 2. The van der Waals surface area contributed by atoms with E-state index in [2.05, 4.69) is 4.98 Å². The SMILES string of the molecule is Cc1ccc(S(=O)(=O)OCc2cc(C3CN(C(=O)OC(C)(C)C)CCC3(F)F)ccn2)cc1. The maximum atomic E-state index is 14.8. The number of piperidine rings is 1. The maximum Gasteiger partial charge on any atom is 0.410 e. The molecule has 1 fully saturated rings. The summed E-state index contributed by atoms with van der Waals surface area (Å²) in [5, 5.41) is 0. The Morgan fingerprint density at radius 3 is 2.52 bits per heavy atom. The summed E-state index contributed by atoms with van der Waals surface area (Å²) in [6.45, 7) is 6.21. The lowest BCUT2D eigenvalue weighted by molar-refractivity contribution is -0.0771. The van der Waals surface area contributed by atoms with Crippen LogP contribution >= 0.6 is 0 Å². The molecule has 1 aliphatic rings. The molecule has 1 atom stereocenters. The zero-order chi connectivity index (χ0) is 24.4. The molecule has 1 aliphatic heterocycles. The van der Waals surface area contributed by atoms with Crippen molar-refractivity contribution in [2.75, 3.05) is 13.1 Å². The third-order valence-corrected chi connectivity index (χ3v) is 6.47. The summed E-state index contributed by atoms with van der Waals surface area (Å²) in [6, 6.07) is 9.00. The summed E-state index contributed by atoms with van der Waals surface area (Å²) in [5.74, 6) is -4.33. The first-order valence-electron chi connectivity index (χ1n) is 10.5. The molecule has 0 N–H and O–H groups in total. The molecule has 1 saturated heterocycles. The van der Waals surface area contributed by atoms with E-state index in [1.165, 1.54) is 35.4 Å². The van der Waals surface area contributed by atoms with Gasteiger partial charge in [-0.3, -0.25) is 9.17 Å². The fourth-order valence-electron chi connectivity index (χ4n) is 3.45. The quantitative estimate of drug-likeness (QED) is 0.577. The summed E-state index contributed by atoms with van der Waals surface area (Å²) < 4.78 is 64.8. The molecule has 1 aromatic heterocycles. The maximum absolute atomic E-state index is 14.8. The van der Waals surface area contributed by atoms with Crippen LogP contribution in [0.25, 0.3) is 0 Å². The lowest BCUT2D eigenvalue weighted by atomic mass is 9.87. The van der Waals surface area contributed by atoms with Crippen LogP contribution in [-0.4, -0.2) is 49.0 Å². The van der Waals surface area contributed by atoms with E-state index in [1.807, 2.05) is 6.92 Å². The Balaban J connectivity index is 1.75. The largest absolute Gasteiger partial charge is 0.444 e. The minimum Gasteiger partial charge on any atom is -0.444 e. The number of aromatic nitrogens is 1. The Bertz CT molecular complexity index is 1100. The highest BCUT2D eigenvalue weighted by Gasteiger charge is 2.46. The lowest BCUT2D eigenvalue weighted by Crippen LogP contribution is -2.49. The molecule has 0 spiro atoms. The van der Waals surface area contributed by atoms with Crippen LogP contribution in [0.15, 0.2) is 47.5 Å². The molecule has 1 unspecified atom stereocenters. The number of carbonyl (C=O) groups is 1. The van der Waals surface area contributed by atoms with Gasteiger partial charge in [0.05, 0.1) is 16.5 Å². The third-order valence-electron chi connectivity index (χ3n) is 5.19. The molecule has 7 nitrogen and oxygen atoms in total. The van der Waals surface area contributed by atoms with Gasteiger partial charge in [-0.05, 0) is 57.5 Å². The van der Waals surface area contributed by atoms with Gasteiger partial charge in [0.2, 0.25) is 0 Å². The standard InChI is InChI=1S/C23H28F2N2O5S/c1-16-5-7-19(8-6-16)33(29,30)31-15-18-13-17(9-11-26-18)20-14-27(12-10-23(20,24)25)21(28)32-22(2,3)4/h5-9,11,13,20H,10,12,14-15H2,1-4H3. The molecule has 3 rings (SSSR count). The van der Waals surface area contributed by atoms with E-state index in [-0.39, 0.29) is 29.2 Å². The first-order chi connectivity index (χ1) is 15.3. The number of carbonyl (C=O) groups excluding carboxylic acids is 1. The number of alkyl halides is 2. The first-order valence-corrected chi connectivity index (χ1v) is 11.9. The van der Waals surface area contributed by atoms with Gasteiger partial charge >= 0.3 is 6.09 Å². The average Bonchev–Trinajstić information content (AvgIpc) is 2.71. The molecule has 0 saturated carbocycles. The smallest absolute Gasteiger partial charge is 0.410 e. The van der Waals surface area contributed by atoms with Gasteiger partial charge in [-0.25, -0.2) is 13.6 Å². The van der Waals surface area contributed by atoms with Crippen LogP contribution in [0, 0.1) is 6.92 Å². The van der Waals surface area contributed by atoms with E-state index in [1.54, 1.807) is 32.9 Å². The fourth-order valence-corrected chi connectivity index (χ4v) is 4.33. The van der Waals surface area contributed by atoms with Crippen molar-refractivity contribution in [2.24, 2.45) is 0 Å². The lowest BCUT2D eigenvalue weighted by Gasteiger charge is -2.39. The molecule has 2 heterocycles. The third kappa shape index (κ3) is 6.48. The summed E-state index contributed by atoms with van der Waals surface area (Å²) in [6.07, 6.45) is 0.173. The monoisotopic (exact) mass is 482 g/mol. The predicted molar refractivity (Wildman–Crippen MR) is 118 cm³/mol. The number of ether oxygens (including phenoxy) is 1. The normalized spacial score (nSPS) is 18.7. The highest BCUT2D eigenvalue weighted by atomic mass is 32.2. The van der Waals surface area contributed by atoms with Gasteiger partial charge < -0.3 is 9.64 Å². The Hall–Kier alpha value is -2.59. The van der Waals surface area contributed by atoms with E-state index in [0.717, 1.165) is 5.56 Å². The summed E-state index contributed by atoms with van der Waals surface area (Å²) in [7, 11) is -4.03. The number of pyridine rings is 1. The van der Waals surface area contributed by atoms with Crippen molar-refractivity contribution in [3.05, 3.63) is 59.4 Å². The molecule has 0 radical (unpaired) electrons. The second kappa shape index (κ2) is 9.34. The van der Waals surface area contributed by atoms with Gasteiger partial charge in [-0.15, -0.1) is 0 Å². The first kappa shape index (κ1) is 25.0. The Morgan fingerprint density at radius 1 is 1.21 bits per heavy atom. The number of aryl methyl sites for hydroxylation is 1. The van der Waals surface area contributed by atoms with E-state index in [0.29, 0.717) is 0 Å².